The van der Waals surface area contributed by atoms with Crippen LogP contribution >= 0.6 is 0 Å². The first-order valence-electron chi connectivity index (χ1n) is 7.23. The van der Waals surface area contributed by atoms with Crippen molar-refractivity contribution in [3.05, 3.63) is 0 Å². The maximum atomic E-state index is 12.1. The maximum absolute atomic E-state index is 12.1. The number of esters is 1. The van der Waals surface area contributed by atoms with Crippen LogP contribution in [0, 0.1) is 11.8 Å². The lowest BCUT2D eigenvalue weighted by atomic mass is 9.71. The van der Waals surface area contributed by atoms with Crippen LogP contribution in [0.1, 0.15) is 39.5 Å². The predicted molar refractivity (Wildman–Crippen MR) is 69.1 cm³/mol. The molecule has 0 aromatic heterocycles. The van der Waals surface area contributed by atoms with Crippen LogP contribution in [0.25, 0.3) is 0 Å². The summed E-state index contributed by atoms with van der Waals surface area (Å²) in [7, 11) is 0. The molecule has 2 rings (SSSR count). The number of piperidine rings is 1. The van der Waals surface area contributed by atoms with Crippen molar-refractivity contribution in [2.45, 2.75) is 45.1 Å². The fourth-order valence-electron chi connectivity index (χ4n) is 3.55. The minimum absolute atomic E-state index is 0.206. The van der Waals surface area contributed by atoms with Gasteiger partial charge in [0.2, 0.25) is 0 Å². The van der Waals surface area contributed by atoms with E-state index in [-0.39, 0.29) is 17.8 Å². The molecule has 2 fully saturated rings. The second kappa shape index (κ2) is 5.57. The van der Waals surface area contributed by atoms with Crippen LogP contribution in [-0.4, -0.2) is 47.8 Å². The van der Waals surface area contributed by atoms with Gasteiger partial charge in [-0.15, -0.1) is 0 Å². The van der Waals surface area contributed by atoms with Crippen molar-refractivity contribution in [1.82, 2.24) is 4.90 Å². The molecule has 2 heterocycles. The first kappa shape index (κ1) is 13.8. The molecule has 0 aliphatic carbocycles. The van der Waals surface area contributed by atoms with Crippen molar-refractivity contribution >= 4 is 5.97 Å². The Balaban J connectivity index is 2.15. The van der Waals surface area contributed by atoms with Crippen LogP contribution in [0.5, 0.6) is 0 Å². The summed E-state index contributed by atoms with van der Waals surface area (Å²) in [5.41, 5.74) is -0.838. The van der Waals surface area contributed by atoms with Crippen LogP contribution < -0.4 is 0 Å². The van der Waals surface area contributed by atoms with Gasteiger partial charge in [0.05, 0.1) is 18.1 Å². The van der Waals surface area contributed by atoms with Crippen molar-refractivity contribution in [3.8, 4) is 0 Å². The van der Waals surface area contributed by atoms with Gasteiger partial charge in [-0.25, -0.2) is 0 Å². The third-order valence-electron chi connectivity index (χ3n) is 4.56. The second-order valence-electron chi connectivity index (χ2n) is 5.62. The summed E-state index contributed by atoms with van der Waals surface area (Å²) in [6, 6.07) is 0. The minimum atomic E-state index is -0.838. The van der Waals surface area contributed by atoms with Crippen molar-refractivity contribution in [1.29, 1.82) is 0 Å². The van der Waals surface area contributed by atoms with Gasteiger partial charge in [0.1, 0.15) is 0 Å². The Morgan fingerprint density at radius 2 is 2.28 bits per heavy atom. The molecule has 4 atom stereocenters. The van der Waals surface area contributed by atoms with Gasteiger partial charge < -0.3 is 14.7 Å². The van der Waals surface area contributed by atoms with E-state index in [1.807, 2.05) is 6.92 Å². The van der Waals surface area contributed by atoms with Crippen LogP contribution in [0.4, 0.5) is 0 Å². The third kappa shape index (κ3) is 2.41. The Morgan fingerprint density at radius 1 is 1.50 bits per heavy atom. The van der Waals surface area contributed by atoms with Gasteiger partial charge in [0.25, 0.3) is 0 Å². The Kier molecular flexibility index (Phi) is 4.28. The Hall–Kier alpha value is -0.610. The van der Waals surface area contributed by atoms with E-state index in [4.69, 9.17) is 4.74 Å². The number of ether oxygens (including phenoxy) is 1. The van der Waals surface area contributed by atoms with Gasteiger partial charge in [0.15, 0.2) is 0 Å². The van der Waals surface area contributed by atoms with E-state index in [1.54, 1.807) is 0 Å². The molecule has 0 saturated carbocycles. The van der Waals surface area contributed by atoms with E-state index in [9.17, 15) is 9.90 Å². The summed E-state index contributed by atoms with van der Waals surface area (Å²) in [6.07, 6.45) is 3.35. The molecule has 104 valence electrons. The quantitative estimate of drug-likeness (QED) is 0.755. The van der Waals surface area contributed by atoms with Crippen molar-refractivity contribution < 1.29 is 14.6 Å². The molecule has 2 aliphatic rings. The molecule has 1 N–H and O–H groups in total. The van der Waals surface area contributed by atoms with E-state index >= 15 is 0 Å². The lowest BCUT2D eigenvalue weighted by Gasteiger charge is -2.43. The normalized spacial score (nSPS) is 36.4. The summed E-state index contributed by atoms with van der Waals surface area (Å²) >= 11 is 0. The molecule has 0 aromatic rings. The standard InChI is InChI=1S/C14H25NO3/c1-3-5-12(13(16)18-4-2)14(17)7-9-15-8-6-11(14)10-15/h11-12,17H,3-10H2,1-2H3. The van der Waals surface area contributed by atoms with Crippen LogP contribution in [0.15, 0.2) is 0 Å². The third-order valence-corrected chi connectivity index (χ3v) is 4.56. The Morgan fingerprint density at radius 3 is 2.94 bits per heavy atom. The average molecular weight is 255 g/mol. The summed E-state index contributed by atoms with van der Waals surface area (Å²) in [5.74, 6) is -0.304. The molecule has 2 bridgehead atoms. The summed E-state index contributed by atoms with van der Waals surface area (Å²) in [4.78, 5) is 14.5. The number of nitrogens with zero attached hydrogens (tertiary/aromatic N) is 1. The zero-order valence-electron chi connectivity index (χ0n) is 11.5. The topological polar surface area (TPSA) is 49.8 Å². The van der Waals surface area contributed by atoms with Crippen LogP contribution in [0.3, 0.4) is 0 Å². The highest BCUT2D eigenvalue weighted by Crippen LogP contribution is 2.42. The smallest absolute Gasteiger partial charge is 0.311 e. The molecule has 2 saturated heterocycles. The predicted octanol–water partition coefficient (Wildman–Crippen LogP) is 1.42. The number of fused-ring (bicyclic) bond motifs is 2. The van der Waals surface area contributed by atoms with E-state index in [0.717, 1.165) is 38.9 Å². The molecule has 0 amide bonds. The van der Waals surface area contributed by atoms with E-state index in [0.29, 0.717) is 13.0 Å². The molecule has 4 unspecified atom stereocenters. The summed E-state index contributed by atoms with van der Waals surface area (Å²) in [6.45, 7) is 7.19. The maximum Gasteiger partial charge on any atom is 0.311 e. The van der Waals surface area contributed by atoms with Gasteiger partial charge in [0, 0.05) is 19.0 Å². The molecule has 2 aliphatic heterocycles. The molecule has 0 spiro atoms. The van der Waals surface area contributed by atoms with E-state index in [1.165, 1.54) is 0 Å². The second-order valence-corrected chi connectivity index (χ2v) is 5.62. The Labute approximate surface area is 109 Å². The molecule has 4 heteroatoms. The summed E-state index contributed by atoms with van der Waals surface area (Å²) in [5, 5.41) is 11.0. The number of carbonyl (C=O) groups is 1. The number of carbonyl (C=O) groups excluding carboxylic acids is 1. The monoisotopic (exact) mass is 255 g/mol. The largest absolute Gasteiger partial charge is 0.466 e. The van der Waals surface area contributed by atoms with Gasteiger partial charge >= 0.3 is 5.97 Å². The molecule has 0 radical (unpaired) electrons. The van der Waals surface area contributed by atoms with Gasteiger partial charge in [-0.05, 0) is 32.7 Å². The first-order valence-corrected chi connectivity index (χ1v) is 7.23. The number of aliphatic hydroxyl groups is 1. The lowest BCUT2D eigenvalue weighted by Crippen LogP contribution is -2.54. The highest BCUT2D eigenvalue weighted by atomic mass is 16.5. The van der Waals surface area contributed by atoms with Crippen LogP contribution in [0.2, 0.25) is 0 Å². The van der Waals surface area contributed by atoms with Crippen LogP contribution in [-0.2, 0) is 9.53 Å². The first-order chi connectivity index (χ1) is 8.61. The molecule has 0 aromatic carbocycles. The highest BCUT2D eigenvalue weighted by Gasteiger charge is 2.52. The average Bonchev–Trinajstić information content (AvgIpc) is 2.77. The number of hydrogen-bond acceptors (Lipinski definition) is 4. The summed E-state index contributed by atoms with van der Waals surface area (Å²) < 4.78 is 5.17. The number of hydrogen-bond donors (Lipinski definition) is 1. The zero-order valence-corrected chi connectivity index (χ0v) is 11.5. The van der Waals surface area contributed by atoms with Gasteiger partial charge in [-0.3, -0.25) is 4.79 Å². The fraction of sp³-hybridized carbons (Fsp3) is 0.929. The molecular weight excluding hydrogens is 230 g/mol. The number of rotatable bonds is 5. The van der Waals surface area contributed by atoms with Gasteiger partial charge in [-0.2, -0.15) is 0 Å². The Bertz CT molecular complexity index is 307. The zero-order chi connectivity index (χ0) is 13.2. The van der Waals surface area contributed by atoms with Crippen molar-refractivity contribution in [2.24, 2.45) is 11.8 Å². The molecule has 18 heavy (non-hydrogen) atoms. The molecule has 4 nitrogen and oxygen atoms in total. The van der Waals surface area contributed by atoms with Gasteiger partial charge in [-0.1, -0.05) is 13.3 Å². The lowest BCUT2D eigenvalue weighted by molar-refractivity contribution is -0.167. The van der Waals surface area contributed by atoms with Crippen molar-refractivity contribution in [2.75, 3.05) is 26.2 Å². The minimum Gasteiger partial charge on any atom is -0.466 e. The highest BCUT2D eigenvalue weighted by molar-refractivity contribution is 5.74. The van der Waals surface area contributed by atoms with Crippen molar-refractivity contribution in [3.63, 3.8) is 0 Å². The van der Waals surface area contributed by atoms with E-state index < -0.39 is 5.60 Å². The van der Waals surface area contributed by atoms with E-state index in [2.05, 4.69) is 11.8 Å². The SMILES string of the molecule is CCCC(C(=O)OCC)C1(O)CCN2CCC1C2. The molecular formula is C14H25NO3. The fourth-order valence-corrected chi connectivity index (χ4v) is 3.55.